The fraction of sp³-hybridized carbons (Fsp3) is 0.571. The van der Waals surface area contributed by atoms with Crippen molar-refractivity contribution in [1.29, 1.82) is 0 Å². The Balaban J connectivity index is 2.43. The van der Waals surface area contributed by atoms with E-state index in [1.54, 1.807) is 6.07 Å². The van der Waals surface area contributed by atoms with Crippen molar-refractivity contribution in [3.63, 3.8) is 0 Å². The summed E-state index contributed by atoms with van der Waals surface area (Å²) < 4.78 is 10.4. The second-order valence-corrected chi connectivity index (χ2v) is 5.33. The molecular weight excluding hydrogens is 274 g/mol. The number of hydrogen-bond donors (Lipinski definition) is 1. The van der Waals surface area contributed by atoms with Gasteiger partial charge in [0, 0.05) is 25.2 Å². The van der Waals surface area contributed by atoms with Crippen LogP contribution in [0.25, 0.3) is 0 Å². The lowest BCUT2D eigenvalue weighted by Gasteiger charge is -2.36. The van der Waals surface area contributed by atoms with E-state index in [0.29, 0.717) is 29.6 Å². The van der Waals surface area contributed by atoms with E-state index in [4.69, 9.17) is 15.2 Å². The zero-order valence-corrected chi connectivity index (χ0v) is 12.5. The summed E-state index contributed by atoms with van der Waals surface area (Å²) in [7, 11) is 2.97. The average Bonchev–Trinajstić information content (AvgIpc) is 2.48. The van der Waals surface area contributed by atoms with Crippen LogP contribution in [0.3, 0.4) is 0 Å². The highest BCUT2D eigenvalue weighted by Gasteiger charge is 2.29. The van der Waals surface area contributed by atoms with Crippen LogP contribution in [0, 0.1) is 16.0 Å². The molecule has 1 aromatic carbocycles. The predicted octanol–water partition coefficient (Wildman–Crippen LogP) is 1.79. The number of methoxy groups -OCH3 is 2. The maximum absolute atomic E-state index is 11.3. The third kappa shape index (κ3) is 3.02. The molecule has 2 rings (SSSR count). The lowest BCUT2D eigenvalue weighted by molar-refractivity contribution is -0.384. The predicted molar refractivity (Wildman–Crippen MR) is 80.2 cm³/mol. The lowest BCUT2D eigenvalue weighted by atomic mass is 9.94. The highest BCUT2D eigenvalue weighted by Crippen LogP contribution is 2.40. The average molecular weight is 295 g/mol. The molecule has 1 aliphatic heterocycles. The van der Waals surface area contributed by atoms with Crippen LogP contribution in [0.15, 0.2) is 12.1 Å². The Morgan fingerprint density at radius 3 is 2.48 bits per heavy atom. The van der Waals surface area contributed by atoms with Gasteiger partial charge in [0.15, 0.2) is 11.5 Å². The summed E-state index contributed by atoms with van der Waals surface area (Å²) in [5.41, 5.74) is 6.63. The zero-order chi connectivity index (χ0) is 15.6. The number of benzene rings is 1. The number of nitro groups is 1. The van der Waals surface area contributed by atoms with Crippen molar-refractivity contribution in [2.75, 3.05) is 32.2 Å². The molecule has 0 aromatic heterocycles. The molecule has 0 bridgehead atoms. The van der Waals surface area contributed by atoms with Gasteiger partial charge in [-0.1, -0.05) is 6.92 Å². The van der Waals surface area contributed by atoms with Crippen molar-refractivity contribution in [1.82, 2.24) is 0 Å². The molecule has 2 unspecified atom stereocenters. The number of ether oxygens (including phenoxy) is 2. The highest BCUT2D eigenvalue weighted by atomic mass is 16.6. The number of hydrogen-bond acceptors (Lipinski definition) is 6. The molecule has 21 heavy (non-hydrogen) atoms. The second-order valence-electron chi connectivity index (χ2n) is 5.33. The van der Waals surface area contributed by atoms with Crippen molar-refractivity contribution >= 4 is 11.4 Å². The summed E-state index contributed by atoms with van der Waals surface area (Å²) in [6.45, 7) is 3.44. The molecule has 0 radical (unpaired) electrons. The Kier molecular flexibility index (Phi) is 4.52. The number of anilines is 1. The van der Waals surface area contributed by atoms with Gasteiger partial charge in [-0.25, -0.2) is 0 Å². The number of nitrogens with two attached hydrogens (primary N) is 1. The van der Waals surface area contributed by atoms with Gasteiger partial charge in [0.2, 0.25) is 0 Å². The van der Waals surface area contributed by atoms with Crippen molar-refractivity contribution in [3.8, 4) is 11.5 Å². The SMILES string of the molecule is COc1cc(N2CCC(C)C(N)C2)c([N+](=O)[O-])cc1OC. The molecule has 7 heteroatoms. The van der Waals surface area contributed by atoms with Crippen molar-refractivity contribution in [2.24, 2.45) is 11.7 Å². The molecule has 1 heterocycles. The number of rotatable bonds is 4. The van der Waals surface area contributed by atoms with Gasteiger partial charge in [0.05, 0.1) is 25.2 Å². The van der Waals surface area contributed by atoms with Gasteiger partial charge < -0.3 is 20.1 Å². The lowest BCUT2D eigenvalue weighted by Crippen LogP contribution is -2.47. The molecule has 1 saturated heterocycles. The number of nitrogens with zero attached hydrogens (tertiary/aromatic N) is 2. The molecule has 1 fully saturated rings. The maximum Gasteiger partial charge on any atom is 0.296 e. The number of piperidine rings is 1. The zero-order valence-electron chi connectivity index (χ0n) is 12.5. The van der Waals surface area contributed by atoms with Crippen molar-refractivity contribution in [3.05, 3.63) is 22.2 Å². The molecule has 0 saturated carbocycles. The topological polar surface area (TPSA) is 90.9 Å². The van der Waals surface area contributed by atoms with Crippen LogP contribution in [-0.4, -0.2) is 38.3 Å². The van der Waals surface area contributed by atoms with Crippen LogP contribution in [0.2, 0.25) is 0 Å². The van der Waals surface area contributed by atoms with Crippen LogP contribution >= 0.6 is 0 Å². The summed E-state index contributed by atoms with van der Waals surface area (Å²) in [5, 5.41) is 11.3. The van der Waals surface area contributed by atoms with Crippen LogP contribution in [0.1, 0.15) is 13.3 Å². The fourth-order valence-corrected chi connectivity index (χ4v) is 2.58. The molecular formula is C14H21N3O4. The minimum Gasteiger partial charge on any atom is -0.493 e. The second kappa shape index (κ2) is 6.17. The van der Waals surface area contributed by atoms with Crippen molar-refractivity contribution in [2.45, 2.75) is 19.4 Å². The monoisotopic (exact) mass is 295 g/mol. The van der Waals surface area contributed by atoms with E-state index in [9.17, 15) is 10.1 Å². The Hall–Kier alpha value is -2.02. The Labute approximate surface area is 123 Å². The smallest absolute Gasteiger partial charge is 0.296 e. The van der Waals surface area contributed by atoms with E-state index >= 15 is 0 Å². The summed E-state index contributed by atoms with van der Waals surface area (Å²) in [5.74, 6) is 1.24. The first kappa shape index (κ1) is 15.4. The summed E-state index contributed by atoms with van der Waals surface area (Å²) in [4.78, 5) is 12.9. The largest absolute Gasteiger partial charge is 0.493 e. The van der Waals surface area contributed by atoms with E-state index in [1.807, 2.05) is 4.90 Å². The quantitative estimate of drug-likeness (QED) is 0.672. The van der Waals surface area contributed by atoms with Gasteiger partial charge in [0.1, 0.15) is 5.69 Å². The summed E-state index contributed by atoms with van der Waals surface area (Å²) in [6.07, 6.45) is 0.909. The first-order valence-corrected chi connectivity index (χ1v) is 6.88. The summed E-state index contributed by atoms with van der Waals surface area (Å²) >= 11 is 0. The third-order valence-electron chi connectivity index (χ3n) is 4.03. The standard InChI is InChI=1S/C14H21N3O4/c1-9-4-5-16(8-10(9)15)11-6-13(20-2)14(21-3)7-12(11)17(18)19/h6-7,9-10H,4-5,8,15H2,1-3H3. The van der Waals surface area contributed by atoms with E-state index in [2.05, 4.69) is 6.92 Å². The molecule has 0 aliphatic carbocycles. The minimum atomic E-state index is -0.402. The molecule has 0 amide bonds. The molecule has 116 valence electrons. The number of nitro benzene ring substituents is 1. The van der Waals surface area contributed by atoms with Gasteiger partial charge in [-0.3, -0.25) is 10.1 Å². The van der Waals surface area contributed by atoms with E-state index in [1.165, 1.54) is 20.3 Å². The molecule has 1 aromatic rings. The first-order chi connectivity index (χ1) is 9.97. The van der Waals surface area contributed by atoms with Gasteiger partial charge in [-0.15, -0.1) is 0 Å². The third-order valence-corrected chi connectivity index (χ3v) is 4.03. The molecule has 0 spiro atoms. The normalized spacial score (nSPS) is 22.0. The fourth-order valence-electron chi connectivity index (χ4n) is 2.58. The van der Waals surface area contributed by atoms with Gasteiger partial charge in [0.25, 0.3) is 5.69 Å². The molecule has 1 aliphatic rings. The maximum atomic E-state index is 11.3. The first-order valence-electron chi connectivity index (χ1n) is 6.88. The Morgan fingerprint density at radius 1 is 1.33 bits per heavy atom. The highest BCUT2D eigenvalue weighted by molar-refractivity contribution is 5.70. The van der Waals surface area contributed by atoms with E-state index in [0.717, 1.165) is 13.0 Å². The van der Waals surface area contributed by atoms with Crippen LogP contribution < -0.4 is 20.1 Å². The minimum absolute atomic E-state index is 0.00597. The van der Waals surface area contributed by atoms with Gasteiger partial charge in [-0.05, 0) is 12.3 Å². The Bertz CT molecular complexity index is 535. The van der Waals surface area contributed by atoms with Crippen LogP contribution in [0.5, 0.6) is 11.5 Å². The van der Waals surface area contributed by atoms with Crippen LogP contribution in [-0.2, 0) is 0 Å². The van der Waals surface area contributed by atoms with Crippen molar-refractivity contribution < 1.29 is 14.4 Å². The Morgan fingerprint density at radius 2 is 1.95 bits per heavy atom. The molecule has 7 nitrogen and oxygen atoms in total. The molecule has 2 atom stereocenters. The summed E-state index contributed by atoms with van der Waals surface area (Å²) in [6, 6.07) is 3.06. The van der Waals surface area contributed by atoms with Crippen LogP contribution in [0.4, 0.5) is 11.4 Å². The molecule has 2 N–H and O–H groups in total. The van der Waals surface area contributed by atoms with Gasteiger partial charge >= 0.3 is 0 Å². The van der Waals surface area contributed by atoms with E-state index < -0.39 is 4.92 Å². The van der Waals surface area contributed by atoms with Gasteiger partial charge in [-0.2, -0.15) is 0 Å². The van der Waals surface area contributed by atoms with E-state index in [-0.39, 0.29) is 11.7 Å².